The molecular formula is C17H32N2O2. The highest BCUT2D eigenvalue weighted by atomic mass is 16.2. The number of carbonyl (C=O) groups excluding carboxylic acids is 2. The Kier molecular flexibility index (Phi) is 9.11. The van der Waals surface area contributed by atoms with Crippen molar-refractivity contribution < 1.29 is 9.59 Å². The van der Waals surface area contributed by atoms with Gasteiger partial charge < -0.3 is 11.1 Å². The number of rotatable bonds is 10. The number of primary amides is 1. The van der Waals surface area contributed by atoms with Crippen molar-refractivity contribution in [2.24, 2.45) is 11.7 Å². The summed E-state index contributed by atoms with van der Waals surface area (Å²) in [5.74, 6) is -0.276. The lowest BCUT2D eigenvalue weighted by atomic mass is 9.88. The predicted octanol–water partition coefficient (Wildman–Crippen LogP) is 3.29. The van der Waals surface area contributed by atoms with Crippen molar-refractivity contribution >= 4 is 11.8 Å². The van der Waals surface area contributed by atoms with Crippen molar-refractivity contribution in [3.63, 3.8) is 0 Å². The second-order valence-corrected chi connectivity index (χ2v) is 6.35. The van der Waals surface area contributed by atoms with E-state index in [9.17, 15) is 9.59 Å². The van der Waals surface area contributed by atoms with Crippen molar-refractivity contribution in [1.29, 1.82) is 0 Å². The van der Waals surface area contributed by atoms with Gasteiger partial charge in [-0.25, -0.2) is 0 Å². The third-order valence-electron chi connectivity index (χ3n) is 4.48. The first-order chi connectivity index (χ1) is 10.1. The van der Waals surface area contributed by atoms with E-state index in [0.29, 0.717) is 6.42 Å². The van der Waals surface area contributed by atoms with E-state index < -0.39 is 11.9 Å². The number of nitrogens with one attached hydrogen (secondary N) is 1. The Hall–Kier alpha value is -1.06. The molecule has 4 heteroatoms. The van der Waals surface area contributed by atoms with E-state index >= 15 is 0 Å². The van der Waals surface area contributed by atoms with Gasteiger partial charge in [-0.1, -0.05) is 64.7 Å². The molecule has 0 aliphatic heterocycles. The first-order valence-corrected chi connectivity index (χ1v) is 8.74. The number of unbranched alkanes of at least 4 members (excludes halogenated alkanes) is 5. The maximum atomic E-state index is 12.2. The minimum absolute atomic E-state index is 0.0319. The summed E-state index contributed by atoms with van der Waals surface area (Å²) in [4.78, 5) is 23.7. The van der Waals surface area contributed by atoms with Gasteiger partial charge >= 0.3 is 0 Å². The van der Waals surface area contributed by atoms with Crippen LogP contribution in [0, 0.1) is 5.92 Å². The molecule has 0 saturated heterocycles. The summed E-state index contributed by atoms with van der Waals surface area (Å²) in [5.41, 5.74) is 5.42. The van der Waals surface area contributed by atoms with Gasteiger partial charge in [0.1, 0.15) is 6.04 Å². The molecule has 21 heavy (non-hydrogen) atoms. The van der Waals surface area contributed by atoms with Crippen LogP contribution < -0.4 is 11.1 Å². The minimum atomic E-state index is -0.481. The molecule has 122 valence electrons. The maximum Gasteiger partial charge on any atom is 0.239 e. The molecular weight excluding hydrogens is 264 g/mol. The van der Waals surface area contributed by atoms with E-state index in [1.54, 1.807) is 0 Å². The average molecular weight is 296 g/mol. The van der Waals surface area contributed by atoms with E-state index in [4.69, 9.17) is 5.73 Å². The molecule has 4 nitrogen and oxygen atoms in total. The molecule has 1 saturated carbocycles. The SMILES string of the molecule is CCCCCCCC[C@H](NC(=O)C1CCCCC1)C(N)=O. The quantitative estimate of drug-likeness (QED) is 0.607. The third kappa shape index (κ3) is 7.49. The zero-order chi connectivity index (χ0) is 15.5. The lowest BCUT2D eigenvalue weighted by Crippen LogP contribution is -2.46. The Balaban J connectivity index is 2.25. The van der Waals surface area contributed by atoms with Gasteiger partial charge in [0.2, 0.25) is 11.8 Å². The molecule has 0 aromatic carbocycles. The largest absolute Gasteiger partial charge is 0.368 e. The summed E-state index contributed by atoms with van der Waals surface area (Å²) in [6, 6.07) is -0.481. The van der Waals surface area contributed by atoms with E-state index in [1.165, 1.54) is 32.1 Å². The van der Waals surface area contributed by atoms with Crippen LogP contribution in [0.4, 0.5) is 0 Å². The second-order valence-electron chi connectivity index (χ2n) is 6.35. The fourth-order valence-corrected chi connectivity index (χ4v) is 3.07. The average Bonchev–Trinajstić information content (AvgIpc) is 2.50. The summed E-state index contributed by atoms with van der Waals surface area (Å²) < 4.78 is 0. The molecule has 1 atom stereocenters. The van der Waals surface area contributed by atoms with Gasteiger partial charge in [-0.05, 0) is 19.3 Å². The van der Waals surface area contributed by atoms with Gasteiger partial charge in [0.05, 0.1) is 0 Å². The van der Waals surface area contributed by atoms with Crippen LogP contribution in [-0.2, 0) is 9.59 Å². The lowest BCUT2D eigenvalue weighted by Gasteiger charge is -2.23. The molecule has 0 radical (unpaired) electrons. The number of nitrogens with two attached hydrogens (primary N) is 1. The van der Waals surface area contributed by atoms with Crippen LogP contribution in [0.15, 0.2) is 0 Å². The fourth-order valence-electron chi connectivity index (χ4n) is 3.07. The lowest BCUT2D eigenvalue weighted by molar-refractivity contribution is -0.130. The Morgan fingerprint density at radius 2 is 1.67 bits per heavy atom. The zero-order valence-electron chi connectivity index (χ0n) is 13.5. The molecule has 1 rings (SSSR count). The Morgan fingerprint density at radius 1 is 1.05 bits per heavy atom. The number of carbonyl (C=O) groups is 2. The van der Waals surface area contributed by atoms with Crippen molar-refractivity contribution in [2.75, 3.05) is 0 Å². The van der Waals surface area contributed by atoms with Crippen molar-refractivity contribution in [3.05, 3.63) is 0 Å². The molecule has 0 spiro atoms. The predicted molar refractivity (Wildman–Crippen MR) is 85.7 cm³/mol. The van der Waals surface area contributed by atoms with Crippen LogP contribution in [0.3, 0.4) is 0 Å². The molecule has 0 aromatic rings. The van der Waals surface area contributed by atoms with E-state index in [2.05, 4.69) is 12.2 Å². The van der Waals surface area contributed by atoms with Gasteiger partial charge in [0.15, 0.2) is 0 Å². The van der Waals surface area contributed by atoms with Gasteiger partial charge in [0, 0.05) is 5.92 Å². The first kappa shape index (κ1) is 18.0. The van der Waals surface area contributed by atoms with Gasteiger partial charge in [-0.3, -0.25) is 9.59 Å². The highest BCUT2D eigenvalue weighted by molar-refractivity contribution is 5.87. The molecule has 3 N–H and O–H groups in total. The van der Waals surface area contributed by atoms with Crippen LogP contribution >= 0.6 is 0 Å². The molecule has 1 aliphatic carbocycles. The second kappa shape index (κ2) is 10.6. The molecule has 1 aliphatic rings. The number of hydrogen-bond acceptors (Lipinski definition) is 2. The highest BCUT2D eigenvalue weighted by Gasteiger charge is 2.25. The minimum Gasteiger partial charge on any atom is -0.368 e. The standard InChI is InChI=1S/C17H32N2O2/c1-2-3-4-5-6-10-13-15(16(18)20)19-17(21)14-11-8-7-9-12-14/h14-15H,2-13H2,1H3,(H2,18,20)(H,19,21)/t15-/m0/s1. The van der Waals surface area contributed by atoms with E-state index in [0.717, 1.165) is 38.5 Å². The molecule has 0 unspecified atom stereocenters. The van der Waals surface area contributed by atoms with E-state index in [-0.39, 0.29) is 11.8 Å². The molecule has 1 fully saturated rings. The monoisotopic (exact) mass is 296 g/mol. The van der Waals surface area contributed by atoms with Gasteiger partial charge in [-0.15, -0.1) is 0 Å². The van der Waals surface area contributed by atoms with E-state index in [1.807, 2.05) is 0 Å². The third-order valence-corrected chi connectivity index (χ3v) is 4.48. The van der Waals surface area contributed by atoms with Crippen molar-refractivity contribution in [1.82, 2.24) is 5.32 Å². The fraction of sp³-hybridized carbons (Fsp3) is 0.882. The smallest absolute Gasteiger partial charge is 0.239 e. The van der Waals surface area contributed by atoms with Crippen molar-refractivity contribution in [2.45, 2.75) is 90.0 Å². The van der Waals surface area contributed by atoms with Crippen LogP contribution in [0.25, 0.3) is 0 Å². The summed E-state index contributed by atoms with van der Waals surface area (Å²) in [5, 5.41) is 2.87. The van der Waals surface area contributed by atoms with Crippen LogP contribution in [0.5, 0.6) is 0 Å². The summed E-state index contributed by atoms with van der Waals surface area (Å²) in [7, 11) is 0. The summed E-state index contributed by atoms with van der Waals surface area (Å²) >= 11 is 0. The first-order valence-electron chi connectivity index (χ1n) is 8.74. The maximum absolute atomic E-state index is 12.2. The number of hydrogen-bond donors (Lipinski definition) is 2. The normalized spacial score (nSPS) is 17.4. The highest BCUT2D eigenvalue weighted by Crippen LogP contribution is 2.23. The van der Waals surface area contributed by atoms with Crippen LogP contribution in [0.2, 0.25) is 0 Å². The number of amides is 2. The van der Waals surface area contributed by atoms with Crippen LogP contribution in [0.1, 0.15) is 84.0 Å². The Bertz CT molecular complexity index is 312. The summed E-state index contributed by atoms with van der Waals surface area (Å²) in [6.07, 6.45) is 13.1. The zero-order valence-corrected chi connectivity index (χ0v) is 13.5. The topological polar surface area (TPSA) is 72.2 Å². The molecule has 0 heterocycles. The summed E-state index contributed by atoms with van der Waals surface area (Å²) in [6.45, 7) is 2.20. The van der Waals surface area contributed by atoms with Crippen molar-refractivity contribution in [3.8, 4) is 0 Å². The van der Waals surface area contributed by atoms with Crippen LogP contribution in [-0.4, -0.2) is 17.9 Å². The van der Waals surface area contributed by atoms with Gasteiger partial charge in [-0.2, -0.15) is 0 Å². The Labute approximate surface area is 129 Å². The Morgan fingerprint density at radius 3 is 2.29 bits per heavy atom. The van der Waals surface area contributed by atoms with Gasteiger partial charge in [0.25, 0.3) is 0 Å². The molecule has 2 amide bonds. The molecule has 0 bridgehead atoms. The molecule has 0 aromatic heterocycles.